The third-order valence-electron chi connectivity index (χ3n) is 5.35. The van der Waals surface area contributed by atoms with Crippen molar-refractivity contribution in [2.75, 3.05) is 13.2 Å². The lowest BCUT2D eigenvalue weighted by Crippen LogP contribution is -2.35. The van der Waals surface area contributed by atoms with Gasteiger partial charge in [-0.3, -0.25) is 0 Å². The van der Waals surface area contributed by atoms with E-state index in [-0.39, 0.29) is 0 Å². The minimum absolute atomic E-state index is 0.307. The van der Waals surface area contributed by atoms with Crippen LogP contribution in [0.15, 0.2) is 46.9 Å². The standard InChI is InChI=1S/C25H29NO5/c1-6-30-25(5,24(27)28)20-14-16(2)22(17(3)15-20)29-13-12-21-18(4)31-23(26-21)19-10-8-7-9-11-19/h7-11,14-15H,6,12-13H2,1-5H3,(H,27,28)/t25-/m0/s1. The summed E-state index contributed by atoms with van der Waals surface area (Å²) < 4.78 is 17.4. The molecular weight excluding hydrogens is 394 g/mol. The molecule has 0 saturated carbocycles. The highest BCUT2D eigenvalue weighted by molar-refractivity contribution is 5.79. The number of benzene rings is 2. The van der Waals surface area contributed by atoms with Crippen molar-refractivity contribution in [3.8, 4) is 17.2 Å². The highest BCUT2D eigenvalue weighted by atomic mass is 16.5. The van der Waals surface area contributed by atoms with Crippen molar-refractivity contribution in [1.82, 2.24) is 4.98 Å². The molecule has 0 amide bonds. The molecule has 6 nitrogen and oxygen atoms in total. The molecule has 2 aromatic carbocycles. The van der Waals surface area contributed by atoms with Crippen LogP contribution in [0.25, 0.3) is 11.5 Å². The molecule has 31 heavy (non-hydrogen) atoms. The predicted molar refractivity (Wildman–Crippen MR) is 118 cm³/mol. The number of aliphatic carboxylic acids is 1. The van der Waals surface area contributed by atoms with Crippen molar-refractivity contribution in [3.63, 3.8) is 0 Å². The van der Waals surface area contributed by atoms with E-state index in [0.717, 1.165) is 33.9 Å². The molecule has 6 heteroatoms. The topological polar surface area (TPSA) is 81.8 Å². The van der Waals surface area contributed by atoms with Gasteiger partial charge in [0, 0.05) is 18.6 Å². The molecule has 0 fully saturated rings. The molecule has 0 spiro atoms. The highest BCUT2D eigenvalue weighted by Crippen LogP contribution is 2.33. The maximum Gasteiger partial charge on any atom is 0.340 e. The summed E-state index contributed by atoms with van der Waals surface area (Å²) >= 11 is 0. The summed E-state index contributed by atoms with van der Waals surface area (Å²) in [6, 6.07) is 13.4. The monoisotopic (exact) mass is 423 g/mol. The summed E-state index contributed by atoms with van der Waals surface area (Å²) in [6.07, 6.45) is 0.606. The lowest BCUT2D eigenvalue weighted by Gasteiger charge is -2.26. The number of hydrogen-bond acceptors (Lipinski definition) is 5. The van der Waals surface area contributed by atoms with Gasteiger partial charge in [-0.2, -0.15) is 0 Å². The number of hydrogen-bond donors (Lipinski definition) is 1. The Hall–Kier alpha value is -3.12. The van der Waals surface area contributed by atoms with Gasteiger partial charge in [-0.05, 0) is 75.6 Å². The number of carboxylic acids is 1. The fraction of sp³-hybridized carbons (Fsp3) is 0.360. The van der Waals surface area contributed by atoms with Gasteiger partial charge in [0.15, 0.2) is 5.60 Å². The van der Waals surface area contributed by atoms with Crippen LogP contribution in [0.2, 0.25) is 0 Å². The molecule has 1 N–H and O–H groups in total. The van der Waals surface area contributed by atoms with Crippen molar-refractivity contribution in [2.45, 2.75) is 46.6 Å². The summed E-state index contributed by atoms with van der Waals surface area (Å²) in [5.41, 5.74) is 2.74. The number of carbonyl (C=O) groups is 1. The van der Waals surface area contributed by atoms with Gasteiger partial charge in [-0.25, -0.2) is 9.78 Å². The number of aromatic nitrogens is 1. The molecule has 1 aromatic heterocycles. The number of ether oxygens (including phenoxy) is 2. The normalized spacial score (nSPS) is 13.1. The smallest absolute Gasteiger partial charge is 0.340 e. The molecular formula is C25H29NO5. The van der Waals surface area contributed by atoms with E-state index < -0.39 is 11.6 Å². The molecule has 0 aliphatic heterocycles. The molecule has 0 bridgehead atoms. The zero-order valence-electron chi connectivity index (χ0n) is 18.7. The number of carboxylic acid groups (broad SMARTS) is 1. The fourth-order valence-corrected chi connectivity index (χ4v) is 3.62. The first-order chi connectivity index (χ1) is 14.8. The van der Waals surface area contributed by atoms with E-state index in [1.807, 2.05) is 63.2 Å². The number of nitrogens with zero attached hydrogens (tertiary/aromatic N) is 1. The molecule has 3 rings (SSSR count). The zero-order valence-corrected chi connectivity index (χ0v) is 18.7. The van der Waals surface area contributed by atoms with Crippen molar-refractivity contribution in [1.29, 1.82) is 0 Å². The lowest BCUT2D eigenvalue weighted by atomic mass is 9.92. The second-order valence-electron chi connectivity index (χ2n) is 7.70. The first-order valence-electron chi connectivity index (χ1n) is 10.4. The first kappa shape index (κ1) is 22.6. The van der Waals surface area contributed by atoms with Crippen molar-refractivity contribution >= 4 is 5.97 Å². The molecule has 0 aliphatic carbocycles. The van der Waals surface area contributed by atoms with Crippen LogP contribution in [0.4, 0.5) is 0 Å². The second kappa shape index (κ2) is 9.35. The Morgan fingerprint density at radius 2 is 1.77 bits per heavy atom. The maximum atomic E-state index is 11.8. The predicted octanol–water partition coefficient (Wildman–Crippen LogP) is 5.22. The number of oxazole rings is 1. The fourth-order valence-electron chi connectivity index (χ4n) is 3.62. The van der Waals surface area contributed by atoms with E-state index >= 15 is 0 Å². The van der Waals surface area contributed by atoms with E-state index in [1.165, 1.54) is 0 Å². The minimum Gasteiger partial charge on any atom is -0.493 e. The van der Waals surface area contributed by atoms with Crippen molar-refractivity contribution < 1.29 is 23.8 Å². The zero-order chi connectivity index (χ0) is 22.6. The van der Waals surface area contributed by atoms with E-state index in [9.17, 15) is 9.90 Å². The van der Waals surface area contributed by atoms with Crippen LogP contribution in [0.5, 0.6) is 5.75 Å². The molecule has 1 atom stereocenters. The molecule has 1 heterocycles. The van der Waals surface area contributed by atoms with Gasteiger partial charge in [0.1, 0.15) is 11.5 Å². The van der Waals surface area contributed by atoms with Crippen LogP contribution >= 0.6 is 0 Å². The molecule has 3 aromatic rings. The van der Waals surface area contributed by atoms with Gasteiger partial charge < -0.3 is 19.0 Å². The van der Waals surface area contributed by atoms with Gasteiger partial charge in [-0.1, -0.05) is 18.2 Å². The van der Waals surface area contributed by atoms with Gasteiger partial charge in [0.2, 0.25) is 5.89 Å². The Balaban J connectivity index is 1.73. The molecule has 0 unspecified atom stereocenters. The average molecular weight is 424 g/mol. The second-order valence-corrected chi connectivity index (χ2v) is 7.70. The maximum absolute atomic E-state index is 11.8. The molecule has 0 saturated heterocycles. The van der Waals surface area contributed by atoms with Crippen molar-refractivity contribution in [3.05, 3.63) is 70.6 Å². The van der Waals surface area contributed by atoms with Crippen LogP contribution < -0.4 is 4.74 Å². The van der Waals surface area contributed by atoms with Gasteiger partial charge >= 0.3 is 5.97 Å². The van der Waals surface area contributed by atoms with E-state index in [0.29, 0.717) is 31.1 Å². The van der Waals surface area contributed by atoms with E-state index in [2.05, 4.69) is 4.98 Å². The van der Waals surface area contributed by atoms with Gasteiger partial charge in [0.05, 0.1) is 12.3 Å². The summed E-state index contributed by atoms with van der Waals surface area (Å²) in [5, 5.41) is 9.67. The summed E-state index contributed by atoms with van der Waals surface area (Å²) in [6.45, 7) is 9.83. The van der Waals surface area contributed by atoms with Crippen LogP contribution in [0.3, 0.4) is 0 Å². The van der Waals surface area contributed by atoms with Crippen LogP contribution in [0, 0.1) is 20.8 Å². The Bertz CT molecular complexity index is 1030. The van der Waals surface area contributed by atoms with Gasteiger partial charge in [0.25, 0.3) is 0 Å². The lowest BCUT2D eigenvalue weighted by molar-refractivity contribution is -0.164. The summed E-state index contributed by atoms with van der Waals surface area (Å²) in [5.74, 6) is 1.11. The minimum atomic E-state index is -1.39. The van der Waals surface area contributed by atoms with Gasteiger partial charge in [-0.15, -0.1) is 0 Å². The molecule has 0 aliphatic rings. The Kier molecular flexibility index (Phi) is 6.81. The molecule has 0 radical (unpaired) electrons. The van der Waals surface area contributed by atoms with Crippen LogP contribution in [-0.4, -0.2) is 29.3 Å². The third kappa shape index (κ3) is 4.80. The molecule has 164 valence electrons. The average Bonchev–Trinajstić information content (AvgIpc) is 3.11. The Morgan fingerprint density at radius 3 is 2.35 bits per heavy atom. The van der Waals surface area contributed by atoms with Crippen molar-refractivity contribution in [2.24, 2.45) is 0 Å². The quantitative estimate of drug-likeness (QED) is 0.508. The largest absolute Gasteiger partial charge is 0.493 e. The third-order valence-corrected chi connectivity index (χ3v) is 5.35. The number of aryl methyl sites for hydroxylation is 3. The van der Waals surface area contributed by atoms with E-state index in [1.54, 1.807) is 13.8 Å². The van der Waals surface area contributed by atoms with E-state index in [4.69, 9.17) is 13.9 Å². The summed E-state index contributed by atoms with van der Waals surface area (Å²) in [4.78, 5) is 16.4. The van der Waals surface area contributed by atoms with Crippen LogP contribution in [0.1, 0.15) is 42.0 Å². The number of rotatable bonds is 9. The highest BCUT2D eigenvalue weighted by Gasteiger charge is 2.36. The Labute approximate surface area is 182 Å². The Morgan fingerprint density at radius 1 is 1.13 bits per heavy atom. The SMILES string of the molecule is CCO[C@](C)(C(=O)O)c1cc(C)c(OCCc2nc(-c3ccccc3)oc2C)c(C)c1. The summed E-state index contributed by atoms with van der Waals surface area (Å²) in [7, 11) is 0. The van der Waals surface area contributed by atoms with Crippen LogP contribution in [-0.2, 0) is 21.6 Å². The first-order valence-corrected chi connectivity index (χ1v) is 10.4.